The molecule has 0 aliphatic carbocycles. The third kappa shape index (κ3) is 6.35. The molecule has 0 radical (unpaired) electrons. The molecule has 4 amide bonds. The van der Waals surface area contributed by atoms with Crippen molar-refractivity contribution in [2.45, 2.75) is 11.8 Å². The zero-order valence-corrected chi connectivity index (χ0v) is 23.7. The highest BCUT2D eigenvalue weighted by atomic mass is 32.2. The zero-order chi connectivity index (χ0) is 29.9. The maximum atomic E-state index is 13.2. The summed E-state index contributed by atoms with van der Waals surface area (Å²) in [4.78, 5) is 50.4. The van der Waals surface area contributed by atoms with Crippen LogP contribution in [0.5, 0.6) is 5.75 Å². The minimum atomic E-state index is -4.33. The van der Waals surface area contributed by atoms with Crippen LogP contribution in [0.15, 0.2) is 101 Å². The first-order valence-corrected chi connectivity index (χ1v) is 14.8. The number of hydrogen-bond donors (Lipinski definition) is 2. The fourth-order valence-electron chi connectivity index (χ4n) is 4.20. The van der Waals surface area contributed by atoms with E-state index < -0.39 is 33.7 Å². The van der Waals surface area contributed by atoms with E-state index in [1.165, 1.54) is 43.3 Å². The van der Waals surface area contributed by atoms with Gasteiger partial charge in [-0.1, -0.05) is 48.5 Å². The summed E-state index contributed by atoms with van der Waals surface area (Å²) in [5, 5.41) is 5.90. The molecule has 0 atom stereocenters. The molecule has 0 saturated carbocycles. The number of anilines is 2. The molecule has 1 heterocycles. The van der Waals surface area contributed by atoms with Crippen LogP contribution in [0.25, 0.3) is 16.8 Å². The largest absolute Gasteiger partial charge is 0.378 e. The predicted molar refractivity (Wildman–Crippen MR) is 160 cm³/mol. The molecule has 0 spiro atoms. The van der Waals surface area contributed by atoms with E-state index in [-0.39, 0.29) is 27.0 Å². The van der Waals surface area contributed by atoms with Crippen molar-refractivity contribution < 1.29 is 31.8 Å². The predicted octanol–water partition coefficient (Wildman–Crippen LogP) is 5.24. The SMILES string of the molecule is CC(=O)Nc1ccc(S(=O)(=O)Oc2ccc3ccccc3c2/C=C2\SC(=O)N(CC(=O)Nc3ccccc3)C2=O)cc1. The first-order chi connectivity index (χ1) is 20.1. The maximum Gasteiger partial charge on any atom is 0.339 e. The molecule has 5 rings (SSSR count). The van der Waals surface area contributed by atoms with Crippen molar-refractivity contribution in [3.05, 3.63) is 101 Å². The highest BCUT2D eigenvalue weighted by molar-refractivity contribution is 8.18. The molecule has 0 unspecified atom stereocenters. The molecule has 2 N–H and O–H groups in total. The average Bonchev–Trinajstić information content (AvgIpc) is 3.22. The summed E-state index contributed by atoms with van der Waals surface area (Å²) in [6.45, 7) is 0.849. The van der Waals surface area contributed by atoms with Gasteiger partial charge >= 0.3 is 10.1 Å². The monoisotopic (exact) mass is 601 g/mol. The molecule has 0 aromatic heterocycles. The molecule has 12 heteroatoms. The Kier molecular flexibility index (Phi) is 8.09. The van der Waals surface area contributed by atoms with Crippen molar-refractivity contribution in [3.8, 4) is 5.75 Å². The first-order valence-electron chi connectivity index (χ1n) is 12.5. The molecular formula is C30H23N3O7S2. The van der Waals surface area contributed by atoms with E-state index in [0.29, 0.717) is 28.5 Å². The second-order valence-electron chi connectivity index (χ2n) is 9.12. The number of amides is 4. The molecule has 4 aromatic carbocycles. The fraction of sp³-hybridized carbons (Fsp3) is 0.0667. The highest BCUT2D eigenvalue weighted by Gasteiger charge is 2.36. The summed E-state index contributed by atoms with van der Waals surface area (Å²) in [5.74, 6) is -1.60. The van der Waals surface area contributed by atoms with E-state index >= 15 is 0 Å². The third-order valence-corrected chi connectivity index (χ3v) is 8.26. The van der Waals surface area contributed by atoms with Crippen molar-refractivity contribution in [2.24, 2.45) is 0 Å². The van der Waals surface area contributed by atoms with Crippen LogP contribution in [0.4, 0.5) is 16.2 Å². The van der Waals surface area contributed by atoms with E-state index in [0.717, 1.165) is 10.3 Å². The Hall–Kier alpha value is -4.94. The lowest BCUT2D eigenvalue weighted by Gasteiger charge is -2.13. The maximum absolute atomic E-state index is 13.2. The topological polar surface area (TPSA) is 139 Å². The second kappa shape index (κ2) is 11.9. The molecule has 10 nitrogen and oxygen atoms in total. The molecule has 0 bridgehead atoms. The Balaban J connectivity index is 1.44. The lowest BCUT2D eigenvalue weighted by atomic mass is 10.0. The van der Waals surface area contributed by atoms with Gasteiger partial charge in [-0.25, -0.2) is 0 Å². The molecule has 212 valence electrons. The lowest BCUT2D eigenvalue weighted by Crippen LogP contribution is -2.36. The van der Waals surface area contributed by atoms with Gasteiger partial charge in [-0.3, -0.25) is 24.1 Å². The van der Waals surface area contributed by atoms with Crippen molar-refractivity contribution >= 4 is 73.1 Å². The molecular weight excluding hydrogens is 578 g/mol. The first kappa shape index (κ1) is 28.6. The van der Waals surface area contributed by atoms with Gasteiger partial charge in [-0.05, 0) is 71.1 Å². The Bertz CT molecular complexity index is 1860. The van der Waals surface area contributed by atoms with E-state index in [1.54, 1.807) is 54.6 Å². The van der Waals surface area contributed by atoms with Crippen LogP contribution in [0, 0.1) is 0 Å². The normalized spacial score (nSPS) is 14.3. The van der Waals surface area contributed by atoms with Gasteiger partial charge in [0.25, 0.3) is 11.1 Å². The Morgan fingerprint density at radius 2 is 1.52 bits per heavy atom. The minimum absolute atomic E-state index is 0.00534. The van der Waals surface area contributed by atoms with Crippen LogP contribution in [0.3, 0.4) is 0 Å². The smallest absolute Gasteiger partial charge is 0.339 e. The number of benzene rings is 4. The number of para-hydroxylation sites is 1. The van der Waals surface area contributed by atoms with Gasteiger partial charge in [0, 0.05) is 23.9 Å². The molecule has 1 saturated heterocycles. The molecule has 1 aliphatic heterocycles. The van der Waals surface area contributed by atoms with Crippen LogP contribution in [0.1, 0.15) is 12.5 Å². The van der Waals surface area contributed by atoms with Crippen molar-refractivity contribution in [2.75, 3.05) is 17.2 Å². The molecule has 1 fully saturated rings. The van der Waals surface area contributed by atoms with Crippen molar-refractivity contribution in [1.82, 2.24) is 4.90 Å². The van der Waals surface area contributed by atoms with Gasteiger partial charge in [-0.2, -0.15) is 8.42 Å². The standard InChI is InChI=1S/C30H23N3O7S2/c1-19(34)31-22-12-14-23(15-13-22)42(38,39)40-26-16-11-20-7-5-6-10-24(20)25(26)17-27-29(36)33(30(37)41-27)18-28(35)32-21-8-3-2-4-9-21/h2-17H,18H2,1H3,(H,31,34)(H,32,35)/b27-17-. The van der Waals surface area contributed by atoms with Gasteiger partial charge in [0.05, 0.1) is 4.91 Å². The van der Waals surface area contributed by atoms with Gasteiger partial charge < -0.3 is 14.8 Å². The van der Waals surface area contributed by atoms with Crippen molar-refractivity contribution in [3.63, 3.8) is 0 Å². The van der Waals surface area contributed by atoms with E-state index in [9.17, 15) is 27.6 Å². The highest BCUT2D eigenvalue weighted by Crippen LogP contribution is 2.37. The molecule has 1 aliphatic rings. The summed E-state index contributed by atoms with van der Waals surface area (Å²) in [6.07, 6.45) is 1.40. The summed E-state index contributed by atoms with van der Waals surface area (Å²) in [6, 6.07) is 24.3. The number of hydrogen-bond acceptors (Lipinski definition) is 8. The van der Waals surface area contributed by atoms with Crippen molar-refractivity contribution in [1.29, 1.82) is 0 Å². The molecule has 42 heavy (non-hydrogen) atoms. The quantitative estimate of drug-likeness (QED) is 0.207. The van der Waals surface area contributed by atoms with Gasteiger partial charge in [0.1, 0.15) is 11.4 Å². The number of fused-ring (bicyclic) bond motifs is 1. The number of carbonyl (C=O) groups excluding carboxylic acids is 4. The second-order valence-corrected chi connectivity index (χ2v) is 11.7. The Morgan fingerprint density at radius 3 is 2.24 bits per heavy atom. The number of carbonyl (C=O) groups is 4. The summed E-state index contributed by atoms with van der Waals surface area (Å²) < 4.78 is 31.9. The van der Waals surface area contributed by atoms with E-state index in [4.69, 9.17) is 4.18 Å². The fourth-order valence-corrected chi connectivity index (χ4v) is 5.97. The Labute approximate surface area is 245 Å². The number of rotatable bonds is 8. The minimum Gasteiger partial charge on any atom is -0.378 e. The van der Waals surface area contributed by atoms with Crippen LogP contribution >= 0.6 is 11.8 Å². The van der Waals surface area contributed by atoms with E-state index in [1.807, 2.05) is 6.07 Å². The molecule has 4 aromatic rings. The van der Waals surface area contributed by atoms with Crippen LogP contribution in [-0.4, -0.2) is 42.8 Å². The average molecular weight is 602 g/mol. The number of thioether (sulfide) groups is 1. The van der Waals surface area contributed by atoms with Gasteiger partial charge in [0.15, 0.2) is 5.75 Å². The number of imide groups is 1. The number of nitrogens with zero attached hydrogens (tertiary/aromatic N) is 1. The third-order valence-electron chi connectivity index (χ3n) is 6.10. The summed E-state index contributed by atoms with van der Waals surface area (Å²) in [7, 11) is -4.33. The van der Waals surface area contributed by atoms with Crippen LogP contribution in [0.2, 0.25) is 0 Å². The van der Waals surface area contributed by atoms with Crippen LogP contribution in [-0.2, 0) is 24.5 Å². The van der Waals surface area contributed by atoms with Gasteiger partial charge in [-0.15, -0.1) is 0 Å². The van der Waals surface area contributed by atoms with E-state index in [2.05, 4.69) is 10.6 Å². The van der Waals surface area contributed by atoms with Crippen LogP contribution < -0.4 is 14.8 Å². The lowest BCUT2D eigenvalue weighted by molar-refractivity contribution is -0.127. The summed E-state index contributed by atoms with van der Waals surface area (Å²) >= 11 is 0.642. The van der Waals surface area contributed by atoms with Gasteiger partial charge in [0.2, 0.25) is 11.8 Å². The zero-order valence-electron chi connectivity index (χ0n) is 22.1. The Morgan fingerprint density at radius 1 is 0.857 bits per heavy atom. The number of nitrogens with one attached hydrogen (secondary N) is 2. The summed E-state index contributed by atoms with van der Waals surface area (Å²) in [5.41, 5.74) is 1.21.